The normalized spacial score (nSPS) is 44.9. The molecule has 0 bridgehead atoms. The molecule has 4 aliphatic rings. The van der Waals surface area contributed by atoms with Crippen LogP contribution in [-0.2, 0) is 4.74 Å². The summed E-state index contributed by atoms with van der Waals surface area (Å²) in [6.07, 6.45) is 11.9. The van der Waals surface area contributed by atoms with Crippen molar-refractivity contribution in [3.63, 3.8) is 0 Å². The lowest BCUT2D eigenvalue weighted by Crippen LogP contribution is -2.54. The minimum absolute atomic E-state index is 0.144. The van der Waals surface area contributed by atoms with Gasteiger partial charge in [0.25, 0.3) is 0 Å². The number of hydrogen-bond acceptors (Lipinski definition) is 3. The summed E-state index contributed by atoms with van der Waals surface area (Å²) in [5.41, 5.74) is -0.254. The predicted molar refractivity (Wildman–Crippen MR) is 78.7 cm³/mol. The summed E-state index contributed by atoms with van der Waals surface area (Å²) in [7, 11) is 0. The Labute approximate surface area is 122 Å². The van der Waals surface area contributed by atoms with E-state index in [1.165, 1.54) is 45.1 Å². The van der Waals surface area contributed by atoms with Crippen LogP contribution < -0.4 is 0 Å². The van der Waals surface area contributed by atoms with E-state index in [2.05, 4.69) is 4.90 Å². The van der Waals surface area contributed by atoms with E-state index in [9.17, 15) is 5.11 Å². The van der Waals surface area contributed by atoms with Crippen LogP contribution in [0.3, 0.4) is 0 Å². The summed E-state index contributed by atoms with van der Waals surface area (Å²) < 4.78 is 6.16. The molecule has 1 N–H and O–H groups in total. The summed E-state index contributed by atoms with van der Waals surface area (Å²) in [5, 5.41) is 11.3. The van der Waals surface area contributed by atoms with Gasteiger partial charge in [-0.25, -0.2) is 0 Å². The van der Waals surface area contributed by atoms with E-state index in [1.807, 2.05) is 0 Å². The third-order valence-electron chi connectivity index (χ3n) is 6.69. The molecule has 0 aromatic heterocycles. The van der Waals surface area contributed by atoms with Crippen LogP contribution in [0.2, 0.25) is 0 Å². The van der Waals surface area contributed by atoms with Crippen molar-refractivity contribution in [3.05, 3.63) is 0 Å². The largest absolute Gasteiger partial charge is 0.389 e. The van der Waals surface area contributed by atoms with Gasteiger partial charge in [-0.15, -0.1) is 0 Å². The van der Waals surface area contributed by atoms with Crippen molar-refractivity contribution in [1.82, 2.24) is 4.90 Å². The molecular weight excluding hydrogens is 250 g/mol. The van der Waals surface area contributed by atoms with Crippen LogP contribution in [0.5, 0.6) is 0 Å². The van der Waals surface area contributed by atoms with Crippen LogP contribution >= 0.6 is 0 Å². The van der Waals surface area contributed by atoms with Crippen LogP contribution in [0, 0.1) is 5.92 Å². The highest BCUT2D eigenvalue weighted by molar-refractivity contribution is 5.02. The molecule has 0 aromatic carbocycles. The fraction of sp³-hybridized carbons (Fsp3) is 1.00. The molecule has 3 heteroatoms. The highest BCUT2D eigenvalue weighted by atomic mass is 16.5. The molecule has 1 saturated carbocycles. The second-order valence-electron chi connectivity index (χ2n) is 7.82. The van der Waals surface area contributed by atoms with Gasteiger partial charge >= 0.3 is 0 Å². The maximum absolute atomic E-state index is 11.3. The van der Waals surface area contributed by atoms with E-state index in [0.29, 0.717) is 12.0 Å². The van der Waals surface area contributed by atoms with Gasteiger partial charge in [0.2, 0.25) is 0 Å². The number of fused-ring (bicyclic) bond motifs is 1. The van der Waals surface area contributed by atoms with E-state index in [1.54, 1.807) is 0 Å². The van der Waals surface area contributed by atoms with Gasteiger partial charge in [-0.1, -0.05) is 12.8 Å². The molecule has 1 aliphatic carbocycles. The molecule has 0 amide bonds. The fourth-order valence-electron chi connectivity index (χ4n) is 5.49. The maximum atomic E-state index is 11.3. The van der Waals surface area contributed by atoms with Gasteiger partial charge in [0, 0.05) is 19.2 Å². The summed E-state index contributed by atoms with van der Waals surface area (Å²) in [4.78, 5) is 2.61. The molecule has 114 valence electrons. The molecule has 3 heterocycles. The average molecular weight is 279 g/mol. The third-order valence-corrected chi connectivity index (χ3v) is 6.69. The van der Waals surface area contributed by atoms with Crippen LogP contribution in [-0.4, -0.2) is 46.9 Å². The summed E-state index contributed by atoms with van der Waals surface area (Å²) in [5.74, 6) is 0.483. The number of aliphatic hydroxyl groups is 1. The number of nitrogens with zero attached hydrogens (tertiary/aromatic N) is 1. The molecular formula is C17H29NO2. The lowest BCUT2D eigenvalue weighted by molar-refractivity contribution is -0.158. The summed E-state index contributed by atoms with van der Waals surface area (Å²) >= 11 is 0. The Hall–Kier alpha value is -0.120. The molecule has 3 aliphatic heterocycles. The van der Waals surface area contributed by atoms with E-state index >= 15 is 0 Å². The summed E-state index contributed by atoms with van der Waals surface area (Å²) in [6, 6.07) is 0.663. The number of rotatable bonds is 1. The van der Waals surface area contributed by atoms with Gasteiger partial charge in [-0.2, -0.15) is 0 Å². The van der Waals surface area contributed by atoms with Gasteiger partial charge < -0.3 is 14.7 Å². The minimum Gasteiger partial charge on any atom is -0.389 e. The van der Waals surface area contributed by atoms with Crippen molar-refractivity contribution < 1.29 is 9.84 Å². The van der Waals surface area contributed by atoms with Gasteiger partial charge in [0.15, 0.2) is 0 Å². The van der Waals surface area contributed by atoms with E-state index in [0.717, 1.165) is 38.8 Å². The standard InChI is InChI=1S/C17H29NO2/c19-17(8-10-18-9-3-4-15(18)13-17)14-5-11-20-16(12-14)6-1-2-7-16/h14-15,19H,1-13H2. The predicted octanol–water partition coefficient (Wildman–Crippen LogP) is 2.72. The van der Waals surface area contributed by atoms with E-state index < -0.39 is 5.60 Å². The fourth-order valence-corrected chi connectivity index (χ4v) is 5.49. The molecule has 0 aromatic rings. The second-order valence-corrected chi connectivity index (χ2v) is 7.82. The SMILES string of the molecule is OC1(C2CCOC3(CCCC3)C2)CCN2CCCC2C1. The molecule has 4 rings (SSSR count). The van der Waals surface area contributed by atoms with Crippen molar-refractivity contribution in [3.8, 4) is 0 Å². The second kappa shape index (κ2) is 4.96. The van der Waals surface area contributed by atoms with Crippen molar-refractivity contribution in [1.29, 1.82) is 0 Å². The highest BCUT2D eigenvalue weighted by Gasteiger charge is 2.50. The molecule has 4 fully saturated rings. The van der Waals surface area contributed by atoms with E-state index in [-0.39, 0.29) is 5.60 Å². The van der Waals surface area contributed by atoms with E-state index in [4.69, 9.17) is 4.74 Å². The zero-order chi connectivity index (χ0) is 13.6. The van der Waals surface area contributed by atoms with Crippen molar-refractivity contribution in [2.24, 2.45) is 5.92 Å². The average Bonchev–Trinajstić information content (AvgIpc) is 3.08. The monoisotopic (exact) mass is 279 g/mol. The lowest BCUT2D eigenvalue weighted by atomic mass is 9.69. The van der Waals surface area contributed by atoms with Crippen LogP contribution in [0.4, 0.5) is 0 Å². The molecule has 20 heavy (non-hydrogen) atoms. The third kappa shape index (κ3) is 2.22. The van der Waals surface area contributed by atoms with Gasteiger partial charge in [-0.3, -0.25) is 0 Å². The minimum atomic E-state index is -0.398. The van der Waals surface area contributed by atoms with Gasteiger partial charge in [0.05, 0.1) is 11.2 Å². The number of piperidine rings is 1. The Morgan fingerprint density at radius 1 is 0.950 bits per heavy atom. The number of hydrogen-bond donors (Lipinski definition) is 1. The molecule has 1 spiro atoms. The Bertz CT molecular complexity index is 366. The van der Waals surface area contributed by atoms with Crippen molar-refractivity contribution in [2.45, 2.75) is 81.5 Å². The molecule has 0 radical (unpaired) electrons. The quantitative estimate of drug-likeness (QED) is 0.801. The van der Waals surface area contributed by atoms with Gasteiger partial charge in [0.1, 0.15) is 0 Å². The number of ether oxygens (including phenoxy) is 1. The molecule has 3 nitrogen and oxygen atoms in total. The zero-order valence-corrected chi connectivity index (χ0v) is 12.6. The Kier molecular flexibility index (Phi) is 3.36. The first-order valence-electron chi connectivity index (χ1n) is 8.80. The lowest BCUT2D eigenvalue weighted by Gasteiger charge is -2.49. The first-order chi connectivity index (χ1) is 9.69. The summed E-state index contributed by atoms with van der Waals surface area (Å²) in [6.45, 7) is 3.26. The molecule has 3 unspecified atom stereocenters. The highest BCUT2D eigenvalue weighted by Crippen LogP contribution is 2.48. The van der Waals surface area contributed by atoms with Crippen molar-refractivity contribution >= 4 is 0 Å². The van der Waals surface area contributed by atoms with Crippen molar-refractivity contribution in [2.75, 3.05) is 19.7 Å². The Morgan fingerprint density at radius 2 is 1.80 bits per heavy atom. The first kappa shape index (κ1) is 13.5. The van der Waals surface area contributed by atoms with Crippen LogP contribution in [0.1, 0.15) is 64.2 Å². The smallest absolute Gasteiger partial charge is 0.0704 e. The topological polar surface area (TPSA) is 32.7 Å². The van der Waals surface area contributed by atoms with Crippen LogP contribution in [0.15, 0.2) is 0 Å². The van der Waals surface area contributed by atoms with Crippen LogP contribution in [0.25, 0.3) is 0 Å². The first-order valence-corrected chi connectivity index (χ1v) is 8.80. The molecule has 3 saturated heterocycles. The van der Waals surface area contributed by atoms with Gasteiger partial charge in [-0.05, 0) is 63.8 Å². The molecule has 3 atom stereocenters. The maximum Gasteiger partial charge on any atom is 0.0704 e. The zero-order valence-electron chi connectivity index (χ0n) is 12.6. The Balaban J connectivity index is 1.48. The Morgan fingerprint density at radius 3 is 2.65 bits per heavy atom.